The molecular weight excluding hydrogens is 515 g/mol. The van der Waals surface area contributed by atoms with E-state index in [-0.39, 0.29) is 5.69 Å². The molecule has 164 valence electrons. The Labute approximate surface area is 192 Å². The predicted molar refractivity (Wildman–Crippen MR) is 124 cm³/mol. The second-order valence-electron chi connectivity index (χ2n) is 6.58. The molecule has 0 unspecified atom stereocenters. The number of alkyl halides is 4. The van der Waals surface area contributed by atoms with Crippen LogP contribution >= 0.6 is 39.2 Å². The van der Waals surface area contributed by atoms with Gasteiger partial charge in [-0.15, -0.1) is 0 Å². The molecular formula is C20H17BrF3N3O2S2. The summed E-state index contributed by atoms with van der Waals surface area (Å²) in [5.41, 5.74) is -1.49. The zero-order chi connectivity index (χ0) is 22.9. The van der Waals surface area contributed by atoms with Crippen molar-refractivity contribution in [1.82, 2.24) is 13.5 Å². The molecule has 1 aromatic carbocycles. The number of benzene rings is 1. The smallest absolute Gasteiger partial charge is 0.292 e. The van der Waals surface area contributed by atoms with Crippen molar-refractivity contribution in [3.8, 4) is 5.69 Å². The molecule has 0 fully saturated rings. The lowest BCUT2D eigenvalue weighted by Gasteiger charge is -2.14. The fourth-order valence-electron chi connectivity index (χ4n) is 2.92. The number of hydrogen-bond donors (Lipinski definition) is 0. The lowest BCUT2D eigenvalue weighted by Crippen LogP contribution is -2.40. The van der Waals surface area contributed by atoms with Crippen molar-refractivity contribution < 1.29 is 13.2 Å². The second-order valence-corrected chi connectivity index (χ2v) is 8.87. The summed E-state index contributed by atoms with van der Waals surface area (Å²) < 4.78 is 45.9. The van der Waals surface area contributed by atoms with Gasteiger partial charge in [0, 0.05) is 28.7 Å². The van der Waals surface area contributed by atoms with Crippen LogP contribution in [0.1, 0.15) is 25.2 Å². The zero-order valence-corrected chi connectivity index (χ0v) is 19.9. The largest absolute Gasteiger partial charge is 0.431 e. The van der Waals surface area contributed by atoms with E-state index in [9.17, 15) is 22.8 Å². The van der Waals surface area contributed by atoms with E-state index in [2.05, 4.69) is 20.3 Å². The van der Waals surface area contributed by atoms with Crippen molar-refractivity contribution >= 4 is 54.2 Å². The van der Waals surface area contributed by atoms with Crippen LogP contribution in [0.2, 0.25) is 0 Å². The Hall–Kier alpha value is -2.11. The highest BCUT2D eigenvalue weighted by Crippen LogP contribution is 2.38. The van der Waals surface area contributed by atoms with E-state index in [1.807, 2.05) is 25.3 Å². The van der Waals surface area contributed by atoms with E-state index < -0.39 is 23.1 Å². The van der Waals surface area contributed by atoms with Crippen molar-refractivity contribution in [2.45, 2.75) is 20.0 Å². The van der Waals surface area contributed by atoms with Crippen LogP contribution < -0.4 is 11.2 Å². The van der Waals surface area contributed by atoms with Gasteiger partial charge in [0.1, 0.15) is 5.69 Å². The molecule has 3 rings (SSSR count). The average molecular weight is 532 g/mol. The van der Waals surface area contributed by atoms with Crippen molar-refractivity contribution in [2.24, 2.45) is 7.05 Å². The van der Waals surface area contributed by atoms with Crippen molar-refractivity contribution in [1.29, 1.82) is 0 Å². The van der Waals surface area contributed by atoms with Gasteiger partial charge in [-0.2, -0.15) is 17.5 Å². The minimum atomic E-state index is -4.81. The number of nitrogens with zero attached hydrogens (tertiary/aromatic N) is 3. The summed E-state index contributed by atoms with van der Waals surface area (Å²) in [6.07, 6.45) is -2.91. The highest BCUT2D eigenvalue weighted by atomic mass is 79.9. The highest BCUT2D eigenvalue weighted by molar-refractivity contribution is 9.09. The summed E-state index contributed by atoms with van der Waals surface area (Å²) in [7, 11) is 0.991. The quantitative estimate of drug-likeness (QED) is 0.404. The SMILES string of the molecule is C/C=C\S/C(=C(\C)CBr)c1nsc2ccc(-n3c(=O)cc(C(F)(F)F)n(C)c3=O)cc12. The molecule has 2 heterocycles. The summed E-state index contributed by atoms with van der Waals surface area (Å²) in [6.45, 7) is 3.86. The molecule has 0 N–H and O–H groups in total. The topological polar surface area (TPSA) is 56.9 Å². The van der Waals surface area contributed by atoms with E-state index in [4.69, 9.17) is 0 Å². The van der Waals surface area contributed by atoms with Gasteiger partial charge in [0.25, 0.3) is 5.56 Å². The number of aromatic nitrogens is 3. The molecule has 0 amide bonds. The first-order chi connectivity index (χ1) is 14.6. The van der Waals surface area contributed by atoms with Crippen LogP contribution in [0.5, 0.6) is 0 Å². The number of fused-ring (bicyclic) bond motifs is 1. The Morgan fingerprint density at radius 1 is 1.29 bits per heavy atom. The number of hydrogen-bond acceptors (Lipinski definition) is 5. The standard InChI is InChI=1S/C20H17BrF3N3O2S2/c1-4-7-30-18(11(2)10-21)17-13-8-12(5-6-14(13)31-25-17)27-16(28)9-15(20(22,23)24)26(3)19(27)29/h4-9H,10H2,1-3H3/b7-4-,18-11+. The molecule has 0 aliphatic rings. The Balaban J connectivity index is 2.26. The Bertz CT molecular complexity index is 1320. The van der Waals surface area contributed by atoms with Gasteiger partial charge in [0.2, 0.25) is 0 Å². The van der Waals surface area contributed by atoms with Crippen LogP contribution in [-0.4, -0.2) is 18.8 Å². The van der Waals surface area contributed by atoms with Crippen LogP contribution in [0.15, 0.2) is 50.9 Å². The van der Waals surface area contributed by atoms with Crippen LogP contribution in [-0.2, 0) is 13.2 Å². The fourth-order valence-corrected chi connectivity index (χ4v) is 5.02. The highest BCUT2D eigenvalue weighted by Gasteiger charge is 2.35. The Morgan fingerprint density at radius 3 is 2.61 bits per heavy atom. The lowest BCUT2D eigenvalue weighted by atomic mass is 10.1. The molecule has 0 aliphatic carbocycles. The molecule has 0 saturated carbocycles. The molecule has 3 aromatic rings. The molecule has 0 radical (unpaired) electrons. The first-order valence-electron chi connectivity index (χ1n) is 8.94. The van der Waals surface area contributed by atoms with Gasteiger partial charge < -0.3 is 0 Å². The van der Waals surface area contributed by atoms with Crippen molar-refractivity contribution in [2.75, 3.05) is 5.33 Å². The van der Waals surface area contributed by atoms with Gasteiger partial charge >= 0.3 is 11.9 Å². The summed E-state index contributed by atoms with van der Waals surface area (Å²) in [6, 6.07) is 5.28. The second kappa shape index (κ2) is 9.17. The van der Waals surface area contributed by atoms with Crippen LogP contribution in [0.3, 0.4) is 0 Å². The Kier molecular flexibility index (Phi) is 6.97. The minimum absolute atomic E-state index is 0.181. The van der Waals surface area contributed by atoms with Gasteiger partial charge in [0.15, 0.2) is 0 Å². The summed E-state index contributed by atoms with van der Waals surface area (Å²) in [4.78, 5) is 26.0. The summed E-state index contributed by atoms with van der Waals surface area (Å²) >= 11 is 6.22. The van der Waals surface area contributed by atoms with E-state index in [1.54, 1.807) is 12.1 Å². The zero-order valence-electron chi connectivity index (χ0n) is 16.7. The summed E-state index contributed by atoms with van der Waals surface area (Å²) in [5.74, 6) is 0. The first kappa shape index (κ1) is 23.6. The number of thioether (sulfide) groups is 1. The molecule has 0 bridgehead atoms. The fraction of sp³-hybridized carbons (Fsp3) is 0.250. The van der Waals surface area contributed by atoms with Gasteiger partial charge in [-0.25, -0.2) is 9.36 Å². The van der Waals surface area contributed by atoms with Gasteiger partial charge in [-0.05, 0) is 54.6 Å². The van der Waals surface area contributed by atoms with Gasteiger partial charge in [-0.3, -0.25) is 9.36 Å². The normalized spacial score (nSPS) is 13.3. The number of rotatable bonds is 5. The third kappa shape index (κ3) is 4.58. The third-order valence-corrected chi connectivity index (χ3v) is 7.30. The molecule has 2 aromatic heterocycles. The van der Waals surface area contributed by atoms with Crippen LogP contribution in [0.4, 0.5) is 13.2 Å². The van der Waals surface area contributed by atoms with Crippen molar-refractivity contribution in [3.63, 3.8) is 0 Å². The molecule has 0 saturated heterocycles. The van der Waals surface area contributed by atoms with E-state index >= 15 is 0 Å². The molecule has 0 spiro atoms. The number of allylic oxidation sites excluding steroid dienone is 2. The van der Waals surface area contributed by atoms with E-state index in [0.717, 1.165) is 26.8 Å². The van der Waals surface area contributed by atoms with Crippen LogP contribution in [0.25, 0.3) is 20.7 Å². The summed E-state index contributed by atoms with van der Waals surface area (Å²) in [5, 5.41) is 3.26. The molecule has 5 nitrogen and oxygen atoms in total. The average Bonchev–Trinajstić information content (AvgIpc) is 3.13. The maximum Gasteiger partial charge on any atom is 0.431 e. The lowest BCUT2D eigenvalue weighted by molar-refractivity contribution is -0.144. The Morgan fingerprint density at radius 2 is 2.00 bits per heavy atom. The molecule has 0 atom stereocenters. The first-order valence-corrected chi connectivity index (χ1v) is 11.7. The van der Waals surface area contributed by atoms with E-state index in [0.29, 0.717) is 27.0 Å². The van der Waals surface area contributed by atoms with E-state index in [1.165, 1.54) is 29.4 Å². The maximum atomic E-state index is 13.1. The monoisotopic (exact) mass is 531 g/mol. The maximum absolute atomic E-state index is 13.1. The molecule has 0 aliphatic heterocycles. The van der Waals surface area contributed by atoms with Gasteiger partial charge in [0.05, 0.1) is 16.1 Å². The minimum Gasteiger partial charge on any atom is -0.292 e. The van der Waals surface area contributed by atoms with Crippen molar-refractivity contribution in [3.05, 3.63) is 73.5 Å². The van der Waals surface area contributed by atoms with Crippen LogP contribution in [0, 0.1) is 0 Å². The molecule has 31 heavy (non-hydrogen) atoms. The third-order valence-electron chi connectivity index (χ3n) is 4.45. The van der Waals surface area contributed by atoms with Gasteiger partial charge in [-0.1, -0.05) is 33.8 Å². The number of halogens is 4. The predicted octanol–water partition coefficient (Wildman–Crippen LogP) is 5.56. The molecule has 11 heteroatoms.